The van der Waals surface area contributed by atoms with E-state index >= 15 is 0 Å². The molecule has 0 saturated carbocycles. The molecule has 1 aliphatic rings. The van der Waals surface area contributed by atoms with Gasteiger partial charge in [0.2, 0.25) is 5.91 Å². The summed E-state index contributed by atoms with van der Waals surface area (Å²) in [6, 6.07) is 10.5. The first-order valence-corrected chi connectivity index (χ1v) is 10.2. The van der Waals surface area contributed by atoms with Crippen LogP contribution in [0.5, 0.6) is 0 Å². The van der Waals surface area contributed by atoms with E-state index in [0.29, 0.717) is 37.5 Å². The lowest BCUT2D eigenvalue weighted by molar-refractivity contribution is -0.121. The highest BCUT2D eigenvalue weighted by atomic mass is 16.5. The molecule has 0 aliphatic carbocycles. The Bertz CT molecular complexity index is 877. The van der Waals surface area contributed by atoms with Gasteiger partial charge in [0.25, 0.3) is 5.91 Å². The van der Waals surface area contributed by atoms with E-state index < -0.39 is 5.97 Å². The molecule has 1 aliphatic heterocycles. The molecule has 2 aromatic rings. The second-order valence-corrected chi connectivity index (χ2v) is 7.45. The Balaban J connectivity index is 1.44. The van der Waals surface area contributed by atoms with Crippen molar-refractivity contribution in [3.05, 3.63) is 65.5 Å². The van der Waals surface area contributed by atoms with E-state index in [4.69, 9.17) is 4.74 Å². The Labute approximate surface area is 176 Å². The molecule has 2 amide bonds. The third-order valence-corrected chi connectivity index (χ3v) is 5.46. The van der Waals surface area contributed by atoms with Crippen LogP contribution in [0.4, 0.5) is 0 Å². The minimum absolute atomic E-state index is 0.0318. The quantitative estimate of drug-likeness (QED) is 0.711. The summed E-state index contributed by atoms with van der Waals surface area (Å²) in [5, 5.41) is 2.92. The topological polar surface area (TPSA) is 88.6 Å². The van der Waals surface area contributed by atoms with Crippen molar-refractivity contribution in [1.29, 1.82) is 0 Å². The summed E-state index contributed by atoms with van der Waals surface area (Å²) in [4.78, 5) is 42.7. The molecule has 0 unspecified atom stereocenters. The monoisotopic (exact) mass is 409 g/mol. The van der Waals surface area contributed by atoms with Crippen LogP contribution in [0.1, 0.15) is 52.0 Å². The van der Waals surface area contributed by atoms with Gasteiger partial charge in [0.15, 0.2) is 0 Å². The smallest absolute Gasteiger partial charge is 0.338 e. The van der Waals surface area contributed by atoms with Crippen LogP contribution in [-0.2, 0) is 16.1 Å². The van der Waals surface area contributed by atoms with Crippen LogP contribution in [-0.4, -0.2) is 47.9 Å². The standard InChI is InChI=1S/C23H27N3O4/c1-30-23(29)20-7-3-2-6-19(20)22(28)26-13-10-17(11-14-26)8-9-21(27)25-16-18-5-4-12-24-15-18/h2-7,12,15,17H,8-11,13-14,16H2,1H3,(H,25,27). The van der Waals surface area contributed by atoms with Gasteiger partial charge in [-0.2, -0.15) is 0 Å². The number of carbonyl (C=O) groups is 3. The Morgan fingerprint density at radius 1 is 1.10 bits per heavy atom. The Morgan fingerprint density at radius 2 is 1.83 bits per heavy atom. The average Bonchev–Trinajstić information content (AvgIpc) is 2.81. The lowest BCUT2D eigenvalue weighted by atomic mass is 9.91. The molecule has 1 N–H and O–H groups in total. The predicted molar refractivity (Wildman–Crippen MR) is 112 cm³/mol. The summed E-state index contributed by atoms with van der Waals surface area (Å²) >= 11 is 0. The normalized spacial score (nSPS) is 14.2. The highest BCUT2D eigenvalue weighted by Crippen LogP contribution is 2.24. The molecule has 1 fully saturated rings. The first-order valence-electron chi connectivity index (χ1n) is 10.2. The SMILES string of the molecule is COC(=O)c1ccccc1C(=O)N1CCC(CCC(=O)NCc2cccnc2)CC1. The Morgan fingerprint density at radius 3 is 2.50 bits per heavy atom. The van der Waals surface area contributed by atoms with Crippen molar-refractivity contribution in [1.82, 2.24) is 15.2 Å². The lowest BCUT2D eigenvalue weighted by Crippen LogP contribution is -2.39. The molecule has 7 nitrogen and oxygen atoms in total. The van der Waals surface area contributed by atoms with Crippen LogP contribution < -0.4 is 5.32 Å². The van der Waals surface area contributed by atoms with E-state index in [-0.39, 0.29) is 17.4 Å². The van der Waals surface area contributed by atoms with Crippen LogP contribution in [0.3, 0.4) is 0 Å². The zero-order valence-electron chi connectivity index (χ0n) is 17.2. The number of nitrogens with zero attached hydrogens (tertiary/aromatic N) is 2. The number of amides is 2. The molecule has 1 aromatic heterocycles. The fourth-order valence-corrected chi connectivity index (χ4v) is 3.68. The fourth-order valence-electron chi connectivity index (χ4n) is 3.68. The molecule has 0 radical (unpaired) electrons. The first kappa shape index (κ1) is 21.5. The Hall–Kier alpha value is -3.22. The maximum atomic E-state index is 12.9. The molecule has 2 heterocycles. The number of ether oxygens (including phenoxy) is 1. The van der Waals surface area contributed by atoms with Gasteiger partial charge in [-0.05, 0) is 48.9 Å². The van der Waals surface area contributed by atoms with Crippen molar-refractivity contribution < 1.29 is 19.1 Å². The van der Waals surface area contributed by atoms with Crippen LogP contribution >= 0.6 is 0 Å². The largest absolute Gasteiger partial charge is 0.465 e. The van der Waals surface area contributed by atoms with E-state index in [2.05, 4.69) is 10.3 Å². The molecule has 1 aromatic carbocycles. The zero-order valence-corrected chi connectivity index (χ0v) is 17.2. The van der Waals surface area contributed by atoms with Crippen molar-refractivity contribution in [2.24, 2.45) is 5.92 Å². The van der Waals surface area contributed by atoms with Gasteiger partial charge in [0, 0.05) is 38.4 Å². The van der Waals surface area contributed by atoms with Gasteiger partial charge in [-0.15, -0.1) is 0 Å². The molecule has 30 heavy (non-hydrogen) atoms. The molecule has 0 atom stereocenters. The van der Waals surface area contributed by atoms with Crippen LogP contribution in [0, 0.1) is 5.92 Å². The van der Waals surface area contributed by atoms with Gasteiger partial charge in [-0.25, -0.2) is 4.79 Å². The molecule has 1 saturated heterocycles. The summed E-state index contributed by atoms with van der Waals surface area (Å²) in [5.41, 5.74) is 1.64. The average molecular weight is 409 g/mol. The predicted octanol–water partition coefficient (Wildman–Crippen LogP) is 2.82. The van der Waals surface area contributed by atoms with Gasteiger partial charge in [-0.1, -0.05) is 18.2 Å². The second-order valence-electron chi connectivity index (χ2n) is 7.45. The number of likely N-dealkylation sites (tertiary alicyclic amines) is 1. The third-order valence-electron chi connectivity index (χ3n) is 5.46. The number of esters is 1. The maximum Gasteiger partial charge on any atom is 0.338 e. The van der Waals surface area contributed by atoms with Gasteiger partial charge in [0.05, 0.1) is 18.2 Å². The van der Waals surface area contributed by atoms with Gasteiger partial charge in [-0.3, -0.25) is 14.6 Å². The van der Waals surface area contributed by atoms with Crippen LogP contribution in [0.25, 0.3) is 0 Å². The molecule has 3 rings (SSSR count). The van der Waals surface area contributed by atoms with Crippen molar-refractivity contribution in [3.8, 4) is 0 Å². The van der Waals surface area contributed by atoms with Crippen LogP contribution in [0.15, 0.2) is 48.8 Å². The summed E-state index contributed by atoms with van der Waals surface area (Å²) in [6.45, 7) is 1.73. The summed E-state index contributed by atoms with van der Waals surface area (Å²) in [5.74, 6) is -0.215. The third kappa shape index (κ3) is 5.65. The van der Waals surface area contributed by atoms with E-state index in [1.54, 1.807) is 41.6 Å². The zero-order chi connectivity index (χ0) is 21.3. The molecule has 158 valence electrons. The maximum absolute atomic E-state index is 12.9. The fraction of sp³-hybridized carbons (Fsp3) is 0.391. The minimum Gasteiger partial charge on any atom is -0.465 e. The minimum atomic E-state index is -0.508. The van der Waals surface area contributed by atoms with Crippen molar-refractivity contribution in [2.75, 3.05) is 20.2 Å². The lowest BCUT2D eigenvalue weighted by Gasteiger charge is -2.32. The molecular formula is C23H27N3O4. The number of methoxy groups -OCH3 is 1. The number of pyridine rings is 1. The highest BCUT2D eigenvalue weighted by molar-refractivity contribution is 6.05. The second kappa shape index (κ2) is 10.5. The highest BCUT2D eigenvalue weighted by Gasteiger charge is 2.26. The number of hydrogen-bond acceptors (Lipinski definition) is 5. The number of benzene rings is 1. The van der Waals surface area contributed by atoms with E-state index in [1.807, 2.05) is 12.1 Å². The summed E-state index contributed by atoms with van der Waals surface area (Å²) < 4.78 is 4.78. The van der Waals surface area contributed by atoms with Gasteiger partial charge < -0.3 is 15.0 Å². The number of carbonyl (C=O) groups excluding carboxylic acids is 3. The molecule has 7 heteroatoms. The van der Waals surface area contributed by atoms with Gasteiger partial charge in [0.1, 0.15) is 0 Å². The number of aromatic nitrogens is 1. The van der Waals surface area contributed by atoms with E-state index in [0.717, 1.165) is 24.8 Å². The van der Waals surface area contributed by atoms with E-state index in [9.17, 15) is 14.4 Å². The molecular weight excluding hydrogens is 382 g/mol. The number of nitrogens with one attached hydrogen (secondary N) is 1. The van der Waals surface area contributed by atoms with E-state index in [1.165, 1.54) is 7.11 Å². The summed E-state index contributed by atoms with van der Waals surface area (Å²) in [6.07, 6.45) is 6.43. The first-order chi connectivity index (χ1) is 14.6. The molecule has 0 spiro atoms. The Kier molecular flexibility index (Phi) is 7.54. The van der Waals surface area contributed by atoms with Crippen molar-refractivity contribution in [3.63, 3.8) is 0 Å². The van der Waals surface area contributed by atoms with Gasteiger partial charge >= 0.3 is 5.97 Å². The summed E-state index contributed by atoms with van der Waals surface area (Å²) in [7, 11) is 1.31. The van der Waals surface area contributed by atoms with Crippen LogP contribution in [0.2, 0.25) is 0 Å². The molecule has 0 bridgehead atoms. The number of hydrogen-bond donors (Lipinski definition) is 1. The number of rotatable bonds is 7. The van der Waals surface area contributed by atoms with Crippen molar-refractivity contribution in [2.45, 2.75) is 32.2 Å². The number of piperidine rings is 1. The van der Waals surface area contributed by atoms with Crippen molar-refractivity contribution >= 4 is 17.8 Å².